The standard InChI is InChI=1S/C12H24N2/c1-12(2)6-5-10(13)11(9-12)14-7-3-4-8-14/h10-11H,3-9,13H2,1-2H3. The summed E-state index contributed by atoms with van der Waals surface area (Å²) in [6.45, 7) is 7.35. The molecule has 0 spiro atoms. The lowest BCUT2D eigenvalue weighted by atomic mass is 9.73. The second-order valence-corrected chi connectivity index (χ2v) is 5.88. The Hall–Kier alpha value is -0.0800. The summed E-state index contributed by atoms with van der Waals surface area (Å²) < 4.78 is 0. The SMILES string of the molecule is CC1(C)CCC(N)C(N2CCCC2)C1. The minimum Gasteiger partial charge on any atom is -0.326 e. The summed E-state index contributed by atoms with van der Waals surface area (Å²) in [5, 5.41) is 0. The monoisotopic (exact) mass is 196 g/mol. The molecule has 82 valence electrons. The molecular formula is C12H24N2. The third-order valence-electron chi connectivity index (χ3n) is 4.02. The van der Waals surface area contributed by atoms with Crippen LogP contribution in [0, 0.1) is 5.41 Å². The molecule has 2 rings (SSSR count). The van der Waals surface area contributed by atoms with Gasteiger partial charge in [-0.05, 0) is 50.6 Å². The van der Waals surface area contributed by atoms with Crippen LogP contribution in [-0.4, -0.2) is 30.1 Å². The Bertz CT molecular complexity index is 194. The summed E-state index contributed by atoms with van der Waals surface area (Å²) in [6, 6.07) is 1.10. The largest absolute Gasteiger partial charge is 0.326 e. The molecule has 2 fully saturated rings. The van der Waals surface area contributed by atoms with Gasteiger partial charge in [0.1, 0.15) is 0 Å². The fourth-order valence-electron chi connectivity index (χ4n) is 3.04. The lowest BCUT2D eigenvalue weighted by molar-refractivity contribution is 0.0952. The molecule has 1 aliphatic carbocycles. The molecule has 2 aliphatic rings. The first-order valence-electron chi connectivity index (χ1n) is 6.08. The Balaban J connectivity index is 2.00. The fraction of sp³-hybridized carbons (Fsp3) is 1.00. The highest BCUT2D eigenvalue weighted by atomic mass is 15.2. The maximum Gasteiger partial charge on any atom is 0.0252 e. The van der Waals surface area contributed by atoms with Crippen molar-refractivity contribution in [3.8, 4) is 0 Å². The minimum atomic E-state index is 0.432. The van der Waals surface area contributed by atoms with Crippen LogP contribution in [0.25, 0.3) is 0 Å². The van der Waals surface area contributed by atoms with E-state index in [4.69, 9.17) is 5.73 Å². The first-order valence-corrected chi connectivity index (χ1v) is 6.08. The zero-order chi connectivity index (χ0) is 10.2. The highest BCUT2D eigenvalue weighted by molar-refractivity contribution is 4.93. The summed E-state index contributed by atoms with van der Waals surface area (Å²) in [4.78, 5) is 2.63. The molecule has 1 heterocycles. The molecule has 2 atom stereocenters. The van der Waals surface area contributed by atoms with Crippen LogP contribution in [0.4, 0.5) is 0 Å². The lowest BCUT2D eigenvalue weighted by Gasteiger charge is -2.43. The van der Waals surface area contributed by atoms with Gasteiger partial charge < -0.3 is 5.73 Å². The highest BCUT2D eigenvalue weighted by Crippen LogP contribution is 2.37. The van der Waals surface area contributed by atoms with E-state index in [0.29, 0.717) is 17.5 Å². The smallest absolute Gasteiger partial charge is 0.0252 e. The average molecular weight is 196 g/mol. The predicted molar refractivity (Wildman–Crippen MR) is 60.2 cm³/mol. The van der Waals surface area contributed by atoms with Gasteiger partial charge in [-0.3, -0.25) is 4.90 Å². The second-order valence-electron chi connectivity index (χ2n) is 5.88. The predicted octanol–water partition coefficient (Wildman–Crippen LogP) is 1.99. The molecule has 1 saturated carbocycles. The maximum absolute atomic E-state index is 6.24. The van der Waals surface area contributed by atoms with Crippen molar-refractivity contribution >= 4 is 0 Å². The topological polar surface area (TPSA) is 29.3 Å². The van der Waals surface area contributed by atoms with E-state index in [0.717, 1.165) is 0 Å². The van der Waals surface area contributed by atoms with Gasteiger partial charge in [0, 0.05) is 12.1 Å². The van der Waals surface area contributed by atoms with Crippen molar-refractivity contribution in [3.63, 3.8) is 0 Å². The molecule has 0 aromatic heterocycles. The number of hydrogen-bond donors (Lipinski definition) is 1. The van der Waals surface area contributed by atoms with Gasteiger partial charge in [0.05, 0.1) is 0 Å². The van der Waals surface area contributed by atoms with Gasteiger partial charge in [0.15, 0.2) is 0 Å². The molecule has 2 heteroatoms. The van der Waals surface area contributed by atoms with Crippen LogP contribution in [0.15, 0.2) is 0 Å². The molecule has 2 unspecified atom stereocenters. The molecule has 0 aromatic rings. The second kappa shape index (κ2) is 3.82. The number of nitrogens with two attached hydrogens (primary N) is 1. The van der Waals surface area contributed by atoms with Crippen molar-refractivity contribution in [1.82, 2.24) is 4.90 Å². The molecule has 0 aromatic carbocycles. The summed E-state index contributed by atoms with van der Waals surface area (Å²) in [5.74, 6) is 0. The van der Waals surface area contributed by atoms with Gasteiger partial charge in [-0.1, -0.05) is 13.8 Å². The third-order valence-corrected chi connectivity index (χ3v) is 4.02. The molecule has 2 nitrogen and oxygen atoms in total. The molecule has 0 amide bonds. The summed E-state index contributed by atoms with van der Waals surface area (Å²) in [6.07, 6.45) is 6.58. The normalized spacial score (nSPS) is 38.8. The summed E-state index contributed by atoms with van der Waals surface area (Å²) >= 11 is 0. The Labute approximate surface area is 87.8 Å². The fourth-order valence-corrected chi connectivity index (χ4v) is 3.04. The van der Waals surface area contributed by atoms with Crippen molar-refractivity contribution < 1.29 is 0 Å². The van der Waals surface area contributed by atoms with Gasteiger partial charge in [-0.25, -0.2) is 0 Å². The molecule has 14 heavy (non-hydrogen) atoms. The van der Waals surface area contributed by atoms with Crippen LogP contribution >= 0.6 is 0 Å². The number of rotatable bonds is 1. The van der Waals surface area contributed by atoms with Crippen molar-refractivity contribution in [2.75, 3.05) is 13.1 Å². The van der Waals surface area contributed by atoms with Gasteiger partial charge in [0.25, 0.3) is 0 Å². The Morgan fingerprint density at radius 2 is 1.86 bits per heavy atom. The Morgan fingerprint density at radius 1 is 1.21 bits per heavy atom. The van der Waals surface area contributed by atoms with Crippen LogP contribution in [0.1, 0.15) is 46.0 Å². The third kappa shape index (κ3) is 2.12. The van der Waals surface area contributed by atoms with Crippen molar-refractivity contribution in [1.29, 1.82) is 0 Å². The molecule has 1 aliphatic heterocycles. The van der Waals surface area contributed by atoms with E-state index >= 15 is 0 Å². The van der Waals surface area contributed by atoms with Crippen LogP contribution in [-0.2, 0) is 0 Å². The highest BCUT2D eigenvalue weighted by Gasteiger charge is 2.36. The number of nitrogens with zero attached hydrogens (tertiary/aromatic N) is 1. The molecule has 0 bridgehead atoms. The first-order chi connectivity index (χ1) is 6.58. The zero-order valence-corrected chi connectivity index (χ0v) is 9.63. The van der Waals surface area contributed by atoms with Crippen molar-refractivity contribution in [2.24, 2.45) is 11.1 Å². The molecule has 0 radical (unpaired) electrons. The van der Waals surface area contributed by atoms with Gasteiger partial charge >= 0.3 is 0 Å². The minimum absolute atomic E-state index is 0.432. The molecule has 2 N–H and O–H groups in total. The first kappa shape index (κ1) is 10.4. The van der Waals surface area contributed by atoms with Gasteiger partial charge in [-0.2, -0.15) is 0 Å². The van der Waals surface area contributed by atoms with E-state index in [1.165, 1.54) is 45.2 Å². The van der Waals surface area contributed by atoms with E-state index in [-0.39, 0.29) is 0 Å². The van der Waals surface area contributed by atoms with E-state index in [9.17, 15) is 0 Å². The van der Waals surface area contributed by atoms with E-state index in [2.05, 4.69) is 18.7 Å². The van der Waals surface area contributed by atoms with Crippen LogP contribution in [0.3, 0.4) is 0 Å². The van der Waals surface area contributed by atoms with Crippen LogP contribution in [0.2, 0.25) is 0 Å². The summed E-state index contributed by atoms with van der Waals surface area (Å²) in [7, 11) is 0. The van der Waals surface area contributed by atoms with Crippen LogP contribution in [0.5, 0.6) is 0 Å². The Kier molecular flexibility index (Phi) is 2.85. The molecular weight excluding hydrogens is 172 g/mol. The van der Waals surface area contributed by atoms with Crippen LogP contribution < -0.4 is 5.73 Å². The molecule has 1 saturated heterocycles. The Morgan fingerprint density at radius 3 is 2.50 bits per heavy atom. The summed E-state index contributed by atoms with van der Waals surface area (Å²) in [5.41, 5.74) is 6.76. The van der Waals surface area contributed by atoms with E-state index in [1.807, 2.05) is 0 Å². The average Bonchev–Trinajstić information content (AvgIpc) is 2.62. The van der Waals surface area contributed by atoms with Gasteiger partial charge in [0.2, 0.25) is 0 Å². The van der Waals surface area contributed by atoms with Crippen molar-refractivity contribution in [3.05, 3.63) is 0 Å². The van der Waals surface area contributed by atoms with E-state index < -0.39 is 0 Å². The number of hydrogen-bond acceptors (Lipinski definition) is 2. The van der Waals surface area contributed by atoms with Crippen molar-refractivity contribution in [2.45, 2.75) is 58.0 Å². The quantitative estimate of drug-likeness (QED) is 0.695. The van der Waals surface area contributed by atoms with E-state index in [1.54, 1.807) is 0 Å². The van der Waals surface area contributed by atoms with Gasteiger partial charge in [-0.15, -0.1) is 0 Å². The lowest BCUT2D eigenvalue weighted by Crippen LogP contribution is -2.51. The maximum atomic E-state index is 6.24. The zero-order valence-electron chi connectivity index (χ0n) is 9.63. The number of likely N-dealkylation sites (tertiary alicyclic amines) is 1.